The highest BCUT2D eigenvalue weighted by molar-refractivity contribution is 5.90. The summed E-state index contributed by atoms with van der Waals surface area (Å²) in [7, 11) is 1.19. The molecule has 0 aliphatic rings. The molecule has 2 heterocycles. The average Bonchev–Trinajstić information content (AvgIpc) is 3.04. The van der Waals surface area contributed by atoms with Crippen molar-refractivity contribution >= 4 is 11.9 Å². The van der Waals surface area contributed by atoms with Crippen LogP contribution < -0.4 is 5.56 Å². The maximum atomic E-state index is 12.2. The van der Waals surface area contributed by atoms with Gasteiger partial charge in [-0.15, -0.1) is 0 Å². The molecular weight excluding hydrogens is 316 g/mol. The van der Waals surface area contributed by atoms with Gasteiger partial charge in [0.25, 0.3) is 5.56 Å². The van der Waals surface area contributed by atoms with Gasteiger partial charge in [-0.3, -0.25) is 4.79 Å². The van der Waals surface area contributed by atoms with Crippen molar-refractivity contribution in [1.29, 1.82) is 5.26 Å². The van der Waals surface area contributed by atoms with Crippen LogP contribution in [-0.2, 0) is 16.0 Å². The molecule has 0 aliphatic carbocycles. The molecule has 0 bridgehead atoms. The molecular formula is C16H14N2O6. The van der Waals surface area contributed by atoms with E-state index in [2.05, 4.69) is 4.74 Å². The lowest BCUT2D eigenvalue weighted by atomic mass is 10.2. The Bertz CT molecular complexity index is 871. The largest absolute Gasteiger partial charge is 0.467 e. The van der Waals surface area contributed by atoms with Gasteiger partial charge in [0.1, 0.15) is 23.0 Å². The second-order valence-electron chi connectivity index (χ2n) is 4.66. The minimum absolute atomic E-state index is 0.0397. The Morgan fingerprint density at radius 2 is 2.12 bits per heavy atom. The summed E-state index contributed by atoms with van der Waals surface area (Å²) >= 11 is 0. The van der Waals surface area contributed by atoms with Gasteiger partial charge >= 0.3 is 11.9 Å². The Labute approximate surface area is 136 Å². The molecule has 124 valence electrons. The Balaban J connectivity index is 2.46. The maximum Gasteiger partial charge on any atom is 0.341 e. The lowest BCUT2D eigenvalue weighted by Crippen LogP contribution is -2.25. The number of furan rings is 1. The molecule has 0 unspecified atom stereocenters. The number of methoxy groups -OCH3 is 1. The number of nitrogens with zero attached hydrogens (tertiary/aromatic N) is 2. The van der Waals surface area contributed by atoms with Gasteiger partial charge < -0.3 is 18.5 Å². The van der Waals surface area contributed by atoms with E-state index in [9.17, 15) is 14.4 Å². The van der Waals surface area contributed by atoms with Crippen LogP contribution in [0.4, 0.5) is 0 Å². The Morgan fingerprint density at radius 3 is 2.75 bits per heavy atom. The van der Waals surface area contributed by atoms with E-state index in [1.807, 2.05) is 0 Å². The van der Waals surface area contributed by atoms with E-state index in [1.165, 1.54) is 25.6 Å². The number of esters is 2. The van der Waals surface area contributed by atoms with Crippen molar-refractivity contribution in [3.8, 4) is 6.07 Å². The van der Waals surface area contributed by atoms with Gasteiger partial charge in [0.05, 0.1) is 32.1 Å². The van der Waals surface area contributed by atoms with Crippen molar-refractivity contribution in [3.05, 3.63) is 57.4 Å². The predicted octanol–water partition coefficient (Wildman–Crippen LogP) is 1.32. The van der Waals surface area contributed by atoms with E-state index in [4.69, 9.17) is 14.4 Å². The zero-order valence-corrected chi connectivity index (χ0v) is 13.1. The van der Waals surface area contributed by atoms with Gasteiger partial charge in [-0.25, -0.2) is 9.59 Å². The van der Waals surface area contributed by atoms with Crippen LogP contribution in [0.5, 0.6) is 0 Å². The summed E-state index contributed by atoms with van der Waals surface area (Å²) in [5.74, 6) is -1.09. The fraction of sp³-hybridized carbons (Fsp3) is 0.250. The van der Waals surface area contributed by atoms with Crippen molar-refractivity contribution in [2.24, 2.45) is 0 Å². The number of nitriles is 1. The Kier molecular flexibility index (Phi) is 5.16. The van der Waals surface area contributed by atoms with Crippen molar-refractivity contribution in [1.82, 2.24) is 4.57 Å². The number of aromatic nitrogens is 1. The summed E-state index contributed by atoms with van der Waals surface area (Å²) in [5, 5.41) is 9.05. The molecule has 0 atom stereocenters. The molecule has 2 rings (SSSR count). The standard InChI is InChI=1S/C16H14N2O6/c1-3-23-16(21)12-4-5-24-13(12)9-18-8-11(15(20)22-2)6-10(7-17)14(18)19/h4-6,8H,3,9H2,1-2H3. The van der Waals surface area contributed by atoms with Crippen LogP contribution in [0.1, 0.15) is 39.0 Å². The zero-order valence-electron chi connectivity index (χ0n) is 13.1. The first-order valence-corrected chi connectivity index (χ1v) is 6.98. The number of ether oxygens (including phenoxy) is 2. The molecule has 2 aromatic heterocycles. The fourth-order valence-electron chi connectivity index (χ4n) is 2.07. The molecule has 0 saturated carbocycles. The highest BCUT2D eigenvalue weighted by Crippen LogP contribution is 2.14. The van der Waals surface area contributed by atoms with Crippen LogP contribution in [0.3, 0.4) is 0 Å². The lowest BCUT2D eigenvalue weighted by Gasteiger charge is -2.08. The number of rotatable bonds is 5. The van der Waals surface area contributed by atoms with E-state index in [0.717, 1.165) is 10.6 Å². The van der Waals surface area contributed by atoms with Gasteiger partial charge in [-0.2, -0.15) is 5.26 Å². The third kappa shape index (κ3) is 3.35. The van der Waals surface area contributed by atoms with Crippen molar-refractivity contribution in [3.63, 3.8) is 0 Å². The van der Waals surface area contributed by atoms with E-state index >= 15 is 0 Å². The van der Waals surface area contributed by atoms with Crippen LogP contribution in [-0.4, -0.2) is 30.2 Å². The van der Waals surface area contributed by atoms with Crippen molar-refractivity contribution in [2.45, 2.75) is 13.5 Å². The summed E-state index contributed by atoms with van der Waals surface area (Å²) in [6.07, 6.45) is 2.54. The molecule has 0 saturated heterocycles. The quantitative estimate of drug-likeness (QED) is 0.760. The maximum absolute atomic E-state index is 12.2. The second-order valence-corrected chi connectivity index (χ2v) is 4.66. The molecule has 0 fully saturated rings. The van der Waals surface area contributed by atoms with Gasteiger partial charge in [0, 0.05) is 6.20 Å². The number of carbonyl (C=O) groups excluding carboxylic acids is 2. The van der Waals surface area contributed by atoms with E-state index < -0.39 is 17.5 Å². The molecule has 0 spiro atoms. The third-order valence-corrected chi connectivity index (χ3v) is 3.18. The molecule has 2 aromatic rings. The minimum Gasteiger partial charge on any atom is -0.467 e. The Hall–Kier alpha value is -3.34. The summed E-state index contributed by atoms with van der Waals surface area (Å²) in [6.45, 7) is 1.72. The smallest absolute Gasteiger partial charge is 0.341 e. The highest BCUT2D eigenvalue weighted by Gasteiger charge is 2.18. The number of pyridine rings is 1. The molecule has 0 radical (unpaired) electrons. The zero-order chi connectivity index (χ0) is 17.7. The van der Waals surface area contributed by atoms with E-state index in [-0.39, 0.29) is 35.6 Å². The first-order valence-electron chi connectivity index (χ1n) is 6.98. The van der Waals surface area contributed by atoms with Crippen LogP contribution >= 0.6 is 0 Å². The first kappa shape index (κ1) is 17.0. The van der Waals surface area contributed by atoms with Gasteiger partial charge in [-0.1, -0.05) is 0 Å². The second kappa shape index (κ2) is 7.28. The van der Waals surface area contributed by atoms with Gasteiger partial charge in [-0.05, 0) is 19.1 Å². The summed E-state index contributed by atoms with van der Waals surface area (Å²) < 4.78 is 15.8. The summed E-state index contributed by atoms with van der Waals surface area (Å²) in [4.78, 5) is 35.7. The van der Waals surface area contributed by atoms with Gasteiger partial charge in [0.2, 0.25) is 0 Å². The van der Waals surface area contributed by atoms with Gasteiger partial charge in [0.15, 0.2) is 0 Å². The third-order valence-electron chi connectivity index (χ3n) is 3.18. The lowest BCUT2D eigenvalue weighted by molar-refractivity contribution is 0.0522. The Morgan fingerprint density at radius 1 is 1.38 bits per heavy atom. The molecule has 0 N–H and O–H groups in total. The monoisotopic (exact) mass is 330 g/mol. The number of hydrogen-bond acceptors (Lipinski definition) is 7. The van der Waals surface area contributed by atoms with Crippen LogP contribution in [0.2, 0.25) is 0 Å². The number of carbonyl (C=O) groups is 2. The van der Waals surface area contributed by atoms with Crippen molar-refractivity contribution < 1.29 is 23.5 Å². The first-order chi connectivity index (χ1) is 11.5. The minimum atomic E-state index is -0.690. The normalized spacial score (nSPS) is 10.0. The van der Waals surface area contributed by atoms with Crippen molar-refractivity contribution in [2.75, 3.05) is 13.7 Å². The SMILES string of the molecule is CCOC(=O)c1ccoc1Cn1cc(C(=O)OC)cc(C#N)c1=O. The van der Waals surface area contributed by atoms with Crippen LogP contribution in [0.15, 0.2) is 33.8 Å². The fourth-order valence-corrected chi connectivity index (χ4v) is 2.07. The average molecular weight is 330 g/mol. The van der Waals surface area contributed by atoms with E-state index in [1.54, 1.807) is 13.0 Å². The summed E-state index contributed by atoms with van der Waals surface area (Å²) in [6, 6.07) is 4.31. The molecule has 0 aromatic carbocycles. The molecule has 8 nitrogen and oxygen atoms in total. The highest BCUT2D eigenvalue weighted by atomic mass is 16.5. The molecule has 8 heteroatoms. The topological polar surface area (TPSA) is 112 Å². The molecule has 0 aliphatic heterocycles. The molecule has 0 amide bonds. The number of hydrogen-bond donors (Lipinski definition) is 0. The van der Waals surface area contributed by atoms with Crippen LogP contribution in [0.25, 0.3) is 0 Å². The summed E-state index contributed by atoms with van der Waals surface area (Å²) in [5.41, 5.74) is -0.623. The van der Waals surface area contributed by atoms with Crippen LogP contribution in [0, 0.1) is 11.3 Å². The molecule has 24 heavy (non-hydrogen) atoms. The van der Waals surface area contributed by atoms with E-state index in [0.29, 0.717) is 0 Å². The predicted molar refractivity (Wildman–Crippen MR) is 80.5 cm³/mol.